The summed E-state index contributed by atoms with van der Waals surface area (Å²) in [7, 11) is 1.32. The van der Waals surface area contributed by atoms with Gasteiger partial charge in [-0.3, -0.25) is 19.6 Å². The average molecular weight is 565 g/mol. The number of halogens is 3. The van der Waals surface area contributed by atoms with Crippen LogP contribution in [0.5, 0.6) is 0 Å². The van der Waals surface area contributed by atoms with Crippen molar-refractivity contribution in [3.63, 3.8) is 0 Å². The molecule has 0 N–H and O–H groups in total. The van der Waals surface area contributed by atoms with Crippen LogP contribution in [0.3, 0.4) is 0 Å². The van der Waals surface area contributed by atoms with E-state index in [2.05, 4.69) is 16.9 Å². The Hall–Kier alpha value is -2.48. The normalized spacial score (nSPS) is 21.2. The van der Waals surface area contributed by atoms with Gasteiger partial charge in [0, 0.05) is 43.2 Å². The minimum atomic E-state index is -0.818. The van der Waals surface area contributed by atoms with E-state index in [1.54, 1.807) is 4.90 Å². The highest BCUT2D eigenvalue weighted by atomic mass is 35.5. The molecule has 0 radical (unpaired) electrons. The Morgan fingerprint density at radius 3 is 2.62 bits per heavy atom. The molecular weight excluding hydrogens is 537 g/mol. The highest BCUT2D eigenvalue weighted by Crippen LogP contribution is 2.34. The smallest absolute Gasteiger partial charge is 0.330 e. The molecule has 1 amide bonds. The summed E-state index contributed by atoms with van der Waals surface area (Å²) >= 11 is 18.8. The van der Waals surface area contributed by atoms with Crippen LogP contribution >= 0.6 is 34.8 Å². The zero-order valence-electron chi connectivity index (χ0n) is 20.7. The van der Waals surface area contributed by atoms with Crippen molar-refractivity contribution in [1.82, 2.24) is 4.98 Å². The Balaban J connectivity index is 1.57. The van der Waals surface area contributed by atoms with E-state index in [1.807, 2.05) is 18.2 Å². The molecule has 0 saturated heterocycles. The lowest BCUT2D eigenvalue weighted by molar-refractivity contribution is -0.142. The first kappa shape index (κ1) is 27.6. The van der Waals surface area contributed by atoms with Crippen molar-refractivity contribution >= 4 is 63.9 Å². The zero-order chi connectivity index (χ0) is 26.7. The fourth-order valence-electron chi connectivity index (χ4n) is 5.06. The van der Waals surface area contributed by atoms with Crippen LogP contribution in [0.15, 0.2) is 35.6 Å². The molecule has 2 aliphatic rings. The molecule has 0 bridgehead atoms. The predicted molar refractivity (Wildman–Crippen MR) is 145 cm³/mol. The van der Waals surface area contributed by atoms with E-state index in [-0.39, 0.29) is 39.6 Å². The van der Waals surface area contributed by atoms with Crippen LogP contribution in [0.2, 0.25) is 10.0 Å². The average Bonchev–Trinajstić information content (AvgIpc) is 3.29. The third-order valence-electron chi connectivity index (χ3n) is 6.84. The van der Waals surface area contributed by atoms with Gasteiger partial charge in [0.2, 0.25) is 0 Å². The van der Waals surface area contributed by atoms with E-state index in [0.29, 0.717) is 31.5 Å². The number of hydrogen-bond donors (Lipinski definition) is 0. The predicted octanol–water partition coefficient (Wildman–Crippen LogP) is 5.50. The van der Waals surface area contributed by atoms with Gasteiger partial charge in [0.05, 0.1) is 22.7 Å². The molecule has 196 valence electrons. The maximum absolute atomic E-state index is 13.2. The molecule has 1 aliphatic heterocycles. The molecule has 2 heterocycles. The lowest BCUT2D eigenvalue weighted by Crippen LogP contribution is -2.36. The standard InChI is InChI=1S/C27H28Cl3N3O4/c1-3-4-15-10-20(25(30)23(34)12-15)32-21(27(36)37-2)11-16-5-6-22-17(9-16)7-8-33(22)26(35)24-18(28)13-31-14-19(24)29/h5-6,9,13-15,21,25H,3-4,7-8,10-12H2,1-2H3. The minimum absolute atomic E-state index is 0.0505. The number of fused-ring (bicyclic) bond motifs is 1. The topological polar surface area (TPSA) is 88.9 Å². The van der Waals surface area contributed by atoms with E-state index in [0.717, 1.165) is 29.7 Å². The molecule has 1 saturated carbocycles. The number of Topliss-reactive ketones (excluding diaryl/α,β-unsaturated/α-hetero) is 1. The van der Waals surface area contributed by atoms with Crippen LogP contribution in [-0.4, -0.2) is 53.4 Å². The quantitative estimate of drug-likeness (QED) is 0.327. The lowest BCUT2D eigenvalue weighted by Gasteiger charge is -2.26. The van der Waals surface area contributed by atoms with Crippen LogP contribution in [0, 0.1) is 5.92 Å². The van der Waals surface area contributed by atoms with Crippen molar-refractivity contribution < 1.29 is 19.1 Å². The van der Waals surface area contributed by atoms with E-state index in [4.69, 9.17) is 39.5 Å². The van der Waals surface area contributed by atoms with Crippen molar-refractivity contribution in [2.24, 2.45) is 10.9 Å². The van der Waals surface area contributed by atoms with Gasteiger partial charge in [0.15, 0.2) is 11.8 Å². The van der Waals surface area contributed by atoms with E-state index < -0.39 is 17.4 Å². The van der Waals surface area contributed by atoms with Crippen LogP contribution in [0.25, 0.3) is 0 Å². The molecule has 10 heteroatoms. The van der Waals surface area contributed by atoms with Gasteiger partial charge < -0.3 is 9.64 Å². The van der Waals surface area contributed by atoms with Gasteiger partial charge in [-0.25, -0.2) is 4.79 Å². The number of ketones is 1. The first-order valence-corrected chi connectivity index (χ1v) is 13.5. The Kier molecular flexibility index (Phi) is 8.88. The number of rotatable bonds is 7. The maximum Gasteiger partial charge on any atom is 0.330 e. The lowest BCUT2D eigenvalue weighted by atomic mass is 9.83. The third kappa shape index (κ3) is 6.00. The molecule has 0 spiro atoms. The van der Waals surface area contributed by atoms with Crippen LogP contribution < -0.4 is 4.90 Å². The molecule has 1 fully saturated rings. The number of anilines is 1. The maximum atomic E-state index is 13.2. The number of carbonyl (C=O) groups is 3. The number of nitrogens with zero attached hydrogens (tertiary/aromatic N) is 3. The van der Waals surface area contributed by atoms with Crippen molar-refractivity contribution in [3.05, 3.63) is 57.3 Å². The van der Waals surface area contributed by atoms with Gasteiger partial charge in [0.1, 0.15) is 5.38 Å². The minimum Gasteiger partial charge on any atom is -0.467 e. The van der Waals surface area contributed by atoms with Crippen molar-refractivity contribution in [2.45, 2.75) is 56.9 Å². The number of aromatic nitrogens is 1. The van der Waals surface area contributed by atoms with Crippen LogP contribution in [-0.2, 0) is 27.2 Å². The number of pyridine rings is 1. The number of carbonyl (C=O) groups excluding carboxylic acids is 3. The van der Waals surface area contributed by atoms with Gasteiger partial charge >= 0.3 is 5.97 Å². The van der Waals surface area contributed by atoms with E-state index in [9.17, 15) is 14.4 Å². The van der Waals surface area contributed by atoms with E-state index in [1.165, 1.54) is 19.5 Å². The Bertz CT molecular complexity index is 1230. The largest absolute Gasteiger partial charge is 0.467 e. The van der Waals surface area contributed by atoms with Gasteiger partial charge in [0.25, 0.3) is 5.91 Å². The number of alkyl halides is 1. The van der Waals surface area contributed by atoms with E-state index >= 15 is 0 Å². The number of aliphatic imine (C=N–C) groups is 1. The van der Waals surface area contributed by atoms with Gasteiger partial charge in [-0.1, -0.05) is 48.7 Å². The molecule has 3 unspecified atom stereocenters. The molecule has 1 aromatic heterocycles. The number of ether oxygens (including phenoxy) is 1. The molecule has 3 atom stereocenters. The number of esters is 1. The first-order chi connectivity index (χ1) is 17.7. The fourth-order valence-corrected chi connectivity index (χ4v) is 5.82. The number of hydrogen-bond acceptors (Lipinski definition) is 6. The molecular formula is C27H28Cl3N3O4. The summed E-state index contributed by atoms with van der Waals surface area (Å²) in [6.45, 7) is 2.55. The number of benzene rings is 1. The number of amides is 1. The Labute approximate surface area is 231 Å². The zero-order valence-corrected chi connectivity index (χ0v) is 22.9. The van der Waals surface area contributed by atoms with Gasteiger partial charge in [-0.05, 0) is 42.4 Å². The monoisotopic (exact) mass is 563 g/mol. The third-order valence-corrected chi connectivity index (χ3v) is 7.90. The Morgan fingerprint density at radius 2 is 1.95 bits per heavy atom. The summed E-state index contributed by atoms with van der Waals surface area (Å²) in [5, 5.41) is -0.420. The second-order valence-electron chi connectivity index (χ2n) is 9.40. The molecule has 37 heavy (non-hydrogen) atoms. The van der Waals surface area contributed by atoms with Gasteiger partial charge in [-0.2, -0.15) is 0 Å². The molecule has 1 aromatic carbocycles. The number of methoxy groups -OCH3 is 1. The summed E-state index contributed by atoms with van der Waals surface area (Å²) in [6, 6.07) is 4.87. The van der Waals surface area contributed by atoms with Crippen molar-refractivity contribution in [1.29, 1.82) is 0 Å². The van der Waals surface area contributed by atoms with Crippen molar-refractivity contribution in [2.75, 3.05) is 18.6 Å². The first-order valence-electron chi connectivity index (χ1n) is 12.3. The van der Waals surface area contributed by atoms with Crippen LogP contribution in [0.4, 0.5) is 5.69 Å². The second kappa shape index (κ2) is 11.9. The van der Waals surface area contributed by atoms with Crippen molar-refractivity contribution in [3.8, 4) is 0 Å². The summed E-state index contributed by atoms with van der Waals surface area (Å²) in [5.41, 5.74) is 3.37. The van der Waals surface area contributed by atoms with Crippen LogP contribution in [0.1, 0.15) is 54.1 Å². The fraction of sp³-hybridized carbons (Fsp3) is 0.444. The van der Waals surface area contributed by atoms with Gasteiger partial charge in [-0.15, -0.1) is 11.6 Å². The second-order valence-corrected chi connectivity index (χ2v) is 10.7. The molecule has 7 nitrogen and oxygen atoms in total. The summed E-state index contributed by atoms with van der Waals surface area (Å²) < 4.78 is 5.02. The summed E-state index contributed by atoms with van der Waals surface area (Å²) in [6.07, 6.45) is 6.64. The summed E-state index contributed by atoms with van der Waals surface area (Å²) in [5.74, 6) is -0.638. The molecule has 4 rings (SSSR count). The molecule has 2 aromatic rings. The SMILES string of the molecule is CCCC1CC(=O)C(Cl)C(=NC(Cc2ccc3c(c2)CCN3C(=O)c2c(Cl)cncc2Cl)C(=O)OC)C1. The summed E-state index contributed by atoms with van der Waals surface area (Å²) in [4.78, 5) is 48.5. The highest BCUT2D eigenvalue weighted by molar-refractivity contribution is 6.43. The molecule has 1 aliphatic carbocycles. The highest BCUT2D eigenvalue weighted by Gasteiger charge is 2.34. The Morgan fingerprint density at radius 1 is 1.22 bits per heavy atom.